The minimum atomic E-state index is 0.213. The molecule has 2 aromatic heterocycles. The summed E-state index contributed by atoms with van der Waals surface area (Å²) >= 11 is 0. The van der Waals surface area contributed by atoms with Gasteiger partial charge in [0.25, 0.3) is 0 Å². The van der Waals surface area contributed by atoms with E-state index in [9.17, 15) is 0 Å². The molecule has 0 atom stereocenters. The van der Waals surface area contributed by atoms with Crippen molar-refractivity contribution in [2.75, 3.05) is 13.1 Å². The third-order valence-corrected chi connectivity index (χ3v) is 3.52. The molecular formula is C15H19N3O2. The molecule has 0 spiro atoms. The van der Waals surface area contributed by atoms with E-state index in [0.29, 0.717) is 6.01 Å². The lowest BCUT2D eigenvalue weighted by atomic mass is 10.1. The summed E-state index contributed by atoms with van der Waals surface area (Å²) in [6.07, 6.45) is 7.50. The maximum atomic E-state index is 5.82. The molecule has 0 amide bonds. The highest BCUT2D eigenvalue weighted by atomic mass is 16.5. The molecule has 1 saturated heterocycles. The predicted molar refractivity (Wildman–Crippen MR) is 74.4 cm³/mol. The first-order chi connectivity index (χ1) is 9.79. The average Bonchev–Trinajstić information content (AvgIpc) is 2.96. The van der Waals surface area contributed by atoms with E-state index in [1.807, 2.05) is 19.1 Å². The lowest BCUT2D eigenvalue weighted by molar-refractivity contribution is 0.0857. The number of likely N-dealkylation sites (tertiary alicyclic amines) is 1. The number of nitrogens with zero attached hydrogens (tertiary/aromatic N) is 3. The number of hydrogen-bond donors (Lipinski definition) is 0. The Kier molecular flexibility index (Phi) is 3.97. The highest BCUT2D eigenvalue weighted by Crippen LogP contribution is 2.17. The Hall–Kier alpha value is -1.88. The van der Waals surface area contributed by atoms with Crippen molar-refractivity contribution < 1.29 is 9.15 Å². The molecule has 3 rings (SSSR count). The Bertz CT molecular complexity index is 517. The van der Waals surface area contributed by atoms with Gasteiger partial charge in [0, 0.05) is 25.5 Å². The van der Waals surface area contributed by atoms with Crippen molar-refractivity contribution in [3.05, 3.63) is 42.1 Å². The molecule has 1 aliphatic heterocycles. The van der Waals surface area contributed by atoms with E-state index in [0.717, 1.165) is 43.8 Å². The molecule has 0 bridgehead atoms. The second-order valence-corrected chi connectivity index (χ2v) is 5.22. The van der Waals surface area contributed by atoms with Gasteiger partial charge in [0.15, 0.2) is 0 Å². The highest BCUT2D eigenvalue weighted by molar-refractivity contribution is 5.05. The maximum Gasteiger partial charge on any atom is 0.316 e. The van der Waals surface area contributed by atoms with E-state index in [4.69, 9.17) is 9.15 Å². The normalized spacial score (nSPS) is 17.2. The number of ether oxygens (including phenoxy) is 1. The topological polar surface area (TPSA) is 51.4 Å². The summed E-state index contributed by atoms with van der Waals surface area (Å²) < 4.78 is 11.2. The van der Waals surface area contributed by atoms with E-state index in [1.54, 1.807) is 18.7 Å². The third kappa shape index (κ3) is 3.36. The van der Waals surface area contributed by atoms with Crippen molar-refractivity contribution in [1.29, 1.82) is 0 Å². The van der Waals surface area contributed by atoms with Crippen LogP contribution in [0, 0.1) is 6.92 Å². The van der Waals surface area contributed by atoms with E-state index in [2.05, 4.69) is 14.9 Å². The van der Waals surface area contributed by atoms with E-state index in [-0.39, 0.29) is 6.10 Å². The molecule has 0 aliphatic carbocycles. The van der Waals surface area contributed by atoms with Gasteiger partial charge in [-0.1, -0.05) is 0 Å². The van der Waals surface area contributed by atoms with E-state index in [1.165, 1.54) is 0 Å². The second kappa shape index (κ2) is 6.05. The monoisotopic (exact) mass is 273 g/mol. The number of piperidine rings is 1. The summed E-state index contributed by atoms with van der Waals surface area (Å²) in [7, 11) is 0. The zero-order chi connectivity index (χ0) is 13.8. The Balaban J connectivity index is 1.47. The number of hydrogen-bond acceptors (Lipinski definition) is 5. The predicted octanol–water partition coefficient (Wildman–Crippen LogP) is 2.42. The van der Waals surface area contributed by atoms with Gasteiger partial charge in [-0.05, 0) is 37.5 Å². The van der Waals surface area contributed by atoms with Gasteiger partial charge in [0.2, 0.25) is 0 Å². The summed E-state index contributed by atoms with van der Waals surface area (Å²) in [6, 6.07) is 4.43. The Morgan fingerprint density at radius 2 is 2.05 bits per heavy atom. The molecule has 0 saturated carbocycles. The molecule has 1 aliphatic rings. The van der Waals surface area contributed by atoms with Crippen LogP contribution in [-0.2, 0) is 6.54 Å². The molecule has 0 aromatic carbocycles. The Labute approximate surface area is 118 Å². The summed E-state index contributed by atoms with van der Waals surface area (Å²) in [5.74, 6) is 1.02. The number of aromatic nitrogens is 2. The van der Waals surface area contributed by atoms with Crippen LogP contribution in [-0.4, -0.2) is 34.1 Å². The van der Waals surface area contributed by atoms with Crippen molar-refractivity contribution in [2.24, 2.45) is 0 Å². The van der Waals surface area contributed by atoms with Crippen molar-refractivity contribution in [2.45, 2.75) is 32.4 Å². The van der Waals surface area contributed by atoms with Crippen LogP contribution < -0.4 is 4.74 Å². The Morgan fingerprint density at radius 3 is 2.70 bits per heavy atom. The first-order valence-electron chi connectivity index (χ1n) is 6.99. The largest absolute Gasteiger partial charge is 0.468 e. The molecule has 2 aromatic rings. The summed E-state index contributed by atoms with van der Waals surface area (Å²) in [5.41, 5.74) is 1.05. The van der Waals surface area contributed by atoms with Crippen LogP contribution in [0.15, 0.2) is 35.2 Å². The third-order valence-electron chi connectivity index (χ3n) is 3.52. The molecule has 5 heteroatoms. The lowest BCUT2D eigenvalue weighted by Crippen LogP contribution is -2.37. The molecule has 0 N–H and O–H groups in total. The van der Waals surface area contributed by atoms with Gasteiger partial charge in [-0.3, -0.25) is 4.90 Å². The minimum absolute atomic E-state index is 0.213. The number of aryl methyl sites for hydroxylation is 1. The molecule has 20 heavy (non-hydrogen) atoms. The van der Waals surface area contributed by atoms with Crippen LogP contribution in [0.2, 0.25) is 0 Å². The SMILES string of the molecule is Cc1cnc(OC2CCN(Cc3ccco3)CC2)nc1. The molecular weight excluding hydrogens is 254 g/mol. The van der Waals surface area contributed by atoms with Crippen LogP contribution in [0.5, 0.6) is 6.01 Å². The fourth-order valence-electron chi connectivity index (χ4n) is 2.40. The van der Waals surface area contributed by atoms with Crippen molar-refractivity contribution in [1.82, 2.24) is 14.9 Å². The van der Waals surface area contributed by atoms with Crippen molar-refractivity contribution in [3.8, 4) is 6.01 Å². The van der Waals surface area contributed by atoms with Gasteiger partial charge in [0.1, 0.15) is 11.9 Å². The first kappa shape index (κ1) is 13.1. The quantitative estimate of drug-likeness (QED) is 0.856. The molecule has 5 nitrogen and oxygen atoms in total. The molecule has 0 unspecified atom stereocenters. The fourth-order valence-corrected chi connectivity index (χ4v) is 2.40. The summed E-state index contributed by atoms with van der Waals surface area (Å²) in [6.45, 7) is 4.87. The smallest absolute Gasteiger partial charge is 0.316 e. The van der Waals surface area contributed by atoms with Gasteiger partial charge in [-0.2, -0.15) is 0 Å². The van der Waals surface area contributed by atoms with Gasteiger partial charge in [-0.25, -0.2) is 9.97 Å². The zero-order valence-corrected chi connectivity index (χ0v) is 11.7. The summed E-state index contributed by atoms with van der Waals surface area (Å²) in [5, 5.41) is 0. The molecule has 1 fully saturated rings. The van der Waals surface area contributed by atoms with Crippen LogP contribution in [0.25, 0.3) is 0 Å². The van der Waals surface area contributed by atoms with Crippen LogP contribution in [0.4, 0.5) is 0 Å². The Morgan fingerprint density at radius 1 is 1.30 bits per heavy atom. The fraction of sp³-hybridized carbons (Fsp3) is 0.467. The highest BCUT2D eigenvalue weighted by Gasteiger charge is 2.21. The van der Waals surface area contributed by atoms with Crippen molar-refractivity contribution >= 4 is 0 Å². The summed E-state index contributed by atoms with van der Waals surface area (Å²) in [4.78, 5) is 10.8. The van der Waals surface area contributed by atoms with Gasteiger partial charge in [0.05, 0.1) is 12.8 Å². The van der Waals surface area contributed by atoms with Crippen LogP contribution in [0.3, 0.4) is 0 Å². The van der Waals surface area contributed by atoms with Crippen LogP contribution in [0.1, 0.15) is 24.2 Å². The average molecular weight is 273 g/mol. The lowest BCUT2D eigenvalue weighted by Gasteiger charge is -2.30. The van der Waals surface area contributed by atoms with Crippen molar-refractivity contribution in [3.63, 3.8) is 0 Å². The minimum Gasteiger partial charge on any atom is -0.468 e. The standard InChI is InChI=1S/C15H19N3O2/c1-12-9-16-15(17-10-12)20-13-4-6-18(7-5-13)11-14-3-2-8-19-14/h2-3,8-10,13H,4-7,11H2,1H3. The second-order valence-electron chi connectivity index (χ2n) is 5.22. The van der Waals surface area contributed by atoms with E-state index >= 15 is 0 Å². The molecule has 3 heterocycles. The van der Waals surface area contributed by atoms with Gasteiger partial charge >= 0.3 is 6.01 Å². The first-order valence-corrected chi connectivity index (χ1v) is 6.99. The van der Waals surface area contributed by atoms with Gasteiger partial charge < -0.3 is 9.15 Å². The number of rotatable bonds is 4. The zero-order valence-electron chi connectivity index (χ0n) is 11.7. The van der Waals surface area contributed by atoms with Crippen LogP contribution >= 0.6 is 0 Å². The maximum absolute atomic E-state index is 5.82. The molecule has 106 valence electrons. The number of furan rings is 1. The molecule has 0 radical (unpaired) electrons. The van der Waals surface area contributed by atoms with E-state index < -0.39 is 0 Å². The van der Waals surface area contributed by atoms with Gasteiger partial charge in [-0.15, -0.1) is 0 Å².